The zero-order valence-corrected chi connectivity index (χ0v) is 9.11. The fourth-order valence-corrected chi connectivity index (χ4v) is 1.14. The molecule has 0 aliphatic rings. The third-order valence-corrected chi connectivity index (χ3v) is 1.87. The maximum Gasteiger partial charge on any atom is 0.389 e. The van der Waals surface area contributed by atoms with Gasteiger partial charge in [-0.1, -0.05) is 0 Å². The largest absolute Gasteiger partial charge is 0.477 e. The van der Waals surface area contributed by atoms with E-state index in [0.29, 0.717) is 0 Å². The van der Waals surface area contributed by atoms with Gasteiger partial charge < -0.3 is 10.5 Å². The number of aromatic nitrogens is 1. The molecule has 0 bridgehead atoms. The first-order valence-electron chi connectivity index (χ1n) is 4.89. The molecule has 0 saturated heterocycles. The summed E-state index contributed by atoms with van der Waals surface area (Å²) in [5, 5.41) is 10.5. The Balaban J connectivity index is 2.55. The fourth-order valence-electron chi connectivity index (χ4n) is 1.14. The van der Waals surface area contributed by atoms with E-state index in [1.54, 1.807) is 0 Å². The molecule has 0 atom stereocenters. The standard InChI is InChI=1S/C9H10F3N3O3/c10-9(11,12)2-1-3-18-8-5-6(15(16)17)4-7(13)14-8/h4-5H,1-3H2,(H2,13,14). The molecule has 0 aliphatic heterocycles. The van der Waals surface area contributed by atoms with Gasteiger partial charge in [-0.3, -0.25) is 10.1 Å². The van der Waals surface area contributed by atoms with E-state index >= 15 is 0 Å². The Kier molecular flexibility index (Phi) is 4.29. The number of nitrogens with two attached hydrogens (primary N) is 1. The van der Waals surface area contributed by atoms with Crippen molar-refractivity contribution in [1.82, 2.24) is 4.98 Å². The summed E-state index contributed by atoms with van der Waals surface area (Å²) in [6.45, 7) is -0.243. The summed E-state index contributed by atoms with van der Waals surface area (Å²) in [5.41, 5.74) is 4.97. The molecule has 1 rings (SSSR count). The van der Waals surface area contributed by atoms with Gasteiger partial charge in [0.25, 0.3) is 5.69 Å². The number of ether oxygens (including phenoxy) is 1. The van der Waals surface area contributed by atoms with Gasteiger partial charge in [0.05, 0.1) is 23.7 Å². The molecule has 0 spiro atoms. The van der Waals surface area contributed by atoms with E-state index in [9.17, 15) is 23.3 Å². The van der Waals surface area contributed by atoms with Crippen molar-refractivity contribution in [2.45, 2.75) is 19.0 Å². The van der Waals surface area contributed by atoms with Gasteiger partial charge >= 0.3 is 6.18 Å². The first kappa shape index (κ1) is 14.0. The first-order valence-corrected chi connectivity index (χ1v) is 4.89. The van der Waals surface area contributed by atoms with E-state index in [2.05, 4.69) is 4.98 Å². The van der Waals surface area contributed by atoms with Crippen LogP contribution in [-0.4, -0.2) is 22.7 Å². The Morgan fingerprint density at radius 2 is 2.11 bits per heavy atom. The lowest BCUT2D eigenvalue weighted by molar-refractivity contribution is -0.384. The highest BCUT2D eigenvalue weighted by atomic mass is 19.4. The number of hydrogen-bond acceptors (Lipinski definition) is 5. The molecule has 0 radical (unpaired) electrons. The summed E-state index contributed by atoms with van der Waals surface area (Å²) in [7, 11) is 0. The number of nitro groups is 1. The molecule has 0 saturated carbocycles. The average molecular weight is 265 g/mol. The smallest absolute Gasteiger partial charge is 0.389 e. The van der Waals surface area contributed by atoms with Crippen molar-refractivity contribution in [2.24, 2.45) is 0 Å². The number of nitrogens with zero attached hydrogens (tertiary/aromatic N) is 2. The minimum Gasteiger partial charge on any atom is -0.477 e. The van der Waals surface area contributed by atoms with Crippen LogP contribution in [0.25, 0.3) is 0 Å². The van der Waals surface area contributed by atoms with Crippen molar-refractivity contribution in [3.63, 3.8) is 0 Å². The van der Waals surface area contributed by atoms with Crippen LogP contribution >= 0.6 is 0 Å². The second kappa shape index (κ2) is 5.52. The lowest BCUT2D eigenvalue weighted by Gasteiger charge is -2.07. The molecule has 1 aromatic rings. The highest BCUT2D eigenvalue weighted by molar-refractivity contribution is 5.45. The predicted octanol–water partition coefficient (Wildman–Crippen LogP) is 2.29. The van der Waals surface area contributed by atoms with Crippen LogP contribution in [0.5, 0.6) is 5.88 Å². The number of hydrogen-bond donors (Lipinski definition) is 1. The maximum absolute atomic E-state index is 11.8. The molecular weight excluding hydrogens is 255 g/mol. The van der Waals surface area contributed by atoms with Gasteiger partial charge in [-0.25, -0.2) is 0 Å². The van der Waals surface area contributed by atoms with Crippen LogP contribution in [0.15, 0.2) is 12.1 Å². The van der Waals surface area contributed by atoms with Crippen LogP contribution in [0.1, 0.15) is 12.8 Å². The molecule has 18 heavy (non-hydrogen) atoms. The van der Waals surface area contributed by atoms with Crippen LogP contribution in [0, 0.1) is 10.1 Å². The van der Waals surface area contributed by atoms with Crippen LogP contribution in [0.4, 0.5) is 24.7 Å². The topological polar surface area (TPSA) is 91.3 Å². The van der Waals surface area contributed by atoms with Gasteiger partial charge in [-0.2, -0.15) is 18.2 Å². The van der Waals surface area contributed by atoms with Gasteiger partial charge in [0.1, 0.15) is 5.82 Å². The van der Waals surface area contributed by atoms with Gasteiger partial charge in [0.2, 0.25) is 5.88 Å². The summed E-state index contributed by atoms with van der Waals surface area (Å²) < 4.78 is 40.4. The van der Waals surface area contributed by atoms with Crippen LogP contribution in [-0.2, 0) is 0 Å². The summed E-state index contributed by atoms with van der Waals surface area (Å²) >= 11 is 0. The van der Waals surface area contributed by atoms with E-state index in [0.717, 1.165) is 12.1 Å². The maximum atomic E-state index is 11.8. The van der Waals surface area contributed by atoms with E-state index in [1.807, 2.05) is 0 Å². The summed E-state index contributed by atoms with van der Waals surface area (Å²) in [5.74, 6) is -0.293. The highest BCUT2D eigenvalue weighted by Crippen LogP contribution is 2.23. The van der Waals surface area contributed by atoms with Crippen molar-refractivity contribution in [2.75, 3.05) is 12.3 Å². The quantitative estimate of drug-likeness (QED) is 0.501. The third kappa shape index (κ3) is 4.85. The Hall–Kier alpha value is -2.06. The normalized spacial score (nSPS) is 11.3. The Labute approximate surface area is 99.7 Å². The molecule has 2 N–H and O–H groups in total. The van der Waals surface area contributed by atoms with Crippen LogP contribution in [0.3, 0.4) is 0 Å². The molecule has 0 fully saturated rings. The Morgan fingerprint density at radius 1 is 1.44 bits per heavy atom. The average Bonchev–Trinajstić information content (AvgIpc) is 2.22. The predicted molar refractivity (Wildman–Crippen MR) is 56.1 cm³/mol. The number of anilines is 1. The second-order valence-corrected chi connectivity index (χ2v) is 3.41. The van der Waals surface area contributed by atoms with Crippen molar-refractivity contribution < 1.29 is 22.8 Å². The number of pyridine rings is 1. The van der Waals surface area contributed by atoms with Crippen LogP contribution < -0.4 is 10.5 Å². The Bertz CT molecular complexity index is 437. The molecule has 100 valence electrons. The van der Waals surface area contributed by atoms with E-state index < -0.39 is 17.5 Å². The number of rotatable bonds is 5. The number of alkyl halides is 3. The van der Waals surface area contributed by atoms with Gasteiger partial charge in [0, 0.05) is 6.42 Å². The lowest BCUT2D eigenvalue weighted by atomic mass is 10.3. The minimum absolute atomic E-state index is 0.130. The Morgan fingerprint density at radius 3 is 2.67 bits per heavy atom. The lowest BCUT2D eigenvalue weighted by Crippen LogP contribution is -2.10. The molecular formula is C9H10F3N3O3. The van der Waals surface area contributed by atoms with E-state index in [4.69, 9.17) is 10.5 Å². The molecule has 0 aliphatic carbocycles. The van der Waals surface area contributed by atoms with E-state index in [-0.39, 0.29) is 30.4 Å². The first-order chi connectivity index (χ1) is 8.28. The van der Waals surface area contributed by atoms with Gasteiger partial charge in [-0.15, -0.1) is 0 Å². The second-order valence-electron chi connectivity index (χ2n) is 3.41. The number of nitrogen functional groups attached to an aromatic ring is 1. The van der Waals surface area contributed by atoms with Crippen molar-refractivity contribution in [3.05, 3.63) is 22.2 Å². The van der Waals surface area contributed by atoms with Crippen molar-refractivity contribution >= 4 is 11.5 Å². The van der Waals surface area contributed by atoms with Crippen molar-refractivity contribution in [1.29, 1.82) is 0 Å². The molecule has 6 nitrogen and oxygen atoms in total. The molecule has 0 unspecified atom stereocenters. The van der Waals surface area contributed by atoms with Crippen molar-refractivity contribution in [3.8, 4) is 5.88 Å². The summed E-state index contributed by atoms with van der Waals surface area (Å²) in [6, 6.07) is 2.03. The monoisotopic (exact) mass is 265 g/mol. The zero-order chi connectivity index (χ0) is 13.8. The summed E-state index contributed by atoms with van der Waals surface area (Å²) in [6.07, 6.45) is -5.50. The van der Waals surface area contributed by atoms with Gasteiger partial charge in [0.15, 0.2) is 0 Å². The van der Waals surface area contributed by atoms with Gasteiger partial charge in [-0.05, 0) is 6.42 Å². The molecule has 1 heterocycles. The van der Waals surface area contributed by atoms with E-state index in [1.165, 1.54) is 0 Å². The van der Waals surface area contributed by atoms with Crippen LogP contribution in [0.2, 0.25) is 0 Å². The fraction of sp³-hybridized carbons (Fsp3) is 0.444. The highest BCUT2D eigenvalue weighted by Gasteiger charge is 2.26. The molecule has 1 aromatic heterocycles. The minimum atomic E-state index is -4.25. The summed E-state index contributed by atoms with van der Waals surface area (Å²) in [4.78, 5) is 13.4. The zero-order valence-electron chi connectivity index (χ0n) is 9.11. The third-order valence-electron chi connectivity index (χ3n) is 1.87. The number of halogens is 3. The SMILES string of the molecule is Nc1cc([N+](=O)[O-])cc(OCCCC(F)(F)F)n1. The molecule has 0 aromatic carbocycles. The molecule has 9 heteroatoms. The molecule has 0 amide bonds.